The van der Waals surface area contributed by atoms with E-state index in [1.54, 1.807) is 26.0 Å². The molecule has 2 fully saturated rings. The third-order valence-corrected chi connectivity index (χ3v) is 8.00. The quantitative estimate of drug-likeness (QED) is 0.243. The topological polar surface area (TPSA) is 82.0 Å². The summed E-state index contributed by atoms with van der Waals surface area (Å²) in [4.78, 5) is 26.0. The van der Waals surface area contributed by atoms with Crippen molar-refractivity contribution in [1.29, 1.82) is 0 Å². The highest BCUT2D eigenvalue weighted by atomic mass is 16.2. The van der Waals surface area contributed by atoms with E-state index in [-0.39, 0.29) is 23.5 Å². The van der Waals surface area contributed by atoms with E-state index in [1.165, 1.54) is 11.1 Å². The van der Waals surface area contributed by atoms with Crippen LogP contribution in [0.1, 0.15) is 63.0 Å². The van der Waals surface area contributed by atoms with Crippen molar-refractivity contribution in [3.05, 3.63) is 47.2 Å². The summed E-state index contributed by atoms with van der Waals surface area (Å²) in [6, 6.07) is 8.72. The van der Waals surface area contributed by atoms with Crippen LogP contribution in [0.3, 0.4) is 0 Å². The van der Waals surface area contributed by atoms with Gasteiger partial charge in [-0.1, -0.05) is 31.2 Å². The number of benzene rings is 1. The molecule has 172 valence electrons. The number of ketones is 1. The van der Waals surface area contributed by atoms with Crippen molar-refractivity contribution in [2.24, 2.45) is 28.3 Å². The summed E-state index contributed by atoms with van der Waals surface area (Å²) in [5.41, 5.74) is 2.94. The van der Waals surface area contributed by atoms with E-state index in [9.17, 15) is 14.7 Å². The number of aryl methyl sites for hydroxylation is 1. The minimum absolute atomic E-state index is 0.0815. The Kier molecular flexibility index (Phi) is 6.15. The first kappa shape index (κ1) is 22.6. The zero-order valence-corrected chi connectivity index (χ0v) is 19.6. The Morgan fingerprint density at radius 1 is 1.31 bits per heavy atom. The van der Waals surface area contributed by atoms with Crippen LogP contribution in [0.15, 0.2) is 41.2 Å². The molecular weight excluding hydrogens is 402 g/mol. The van der Waals surface area contributed by atoms with Gasteiger partial charge in [0.25, 0.3) is 0 Å². The van der Waals surface area contributed by atoms with Crippen molar-refractivity contribution in [2.45, 2.75) is 58.3 Å². The number of fused-ring (bicyclic) bond motifs is 5. The van der Waals surface area contributed by atoms with Crippen LogP contribution >= 0.6 is 0 Å². The molecule has 3 aliphatic carbocycles. The number of Topliss-reactive ketones (excluding diaryl/α,β-unsaturated/α-hetero) is 1. The van der Waals surface area contributed by atoms with Gasteiger partial charge in [0, 0.05) is 31.5 Å². The van der Waals surface area contributed by atoms with Crippen LogP contribution in [0, 0.1) is 23.2 Å². The van der Waals surface area contributed by atoms with Crippen LogP contribution in [0.25, 0.3) is 0 Å². The molecule has 0 radical (unpaired) electrons. The van der Waals surface area contributed by atoms with Gasteiger partial charge < -0.3 is 15.4 Å². The smallest absolute Gasteiger partial charge is 0.225 e. The SMILES string of the molecule is C/C(=N\N(C)C)NC(=O)CC[C@@H]1/C(=C/O)C(=O)[C@@]2(C)CCC3c4ccccc4CCC3C12. The molecule has 3 aliphatic rings. The fraction of sp³-hybridized carbons (Fsp3) is 0.577. The Balaban J connectivity index is 1.58. The molecule has 2 N–H and O–H groups in total. The average Bonchev–Trinajstić information content (AvgIpc) is 2.97. The number of hydrazone groups is 1. The van der Waals surface area contributed by atoms with Crippen LogP contribution in [0.4, 0.5) is 0 Å². The predicted molar refractivity (Wildman–Crippen MR) is 125 cm³/mol. The standard InChI is InChI=1S/C26H35N3O3/c1-16(28-29(3)4)27-23(31)12-11-21-22(15-30)25(32)26(2)14-13-19-18-8-6-5-7-17(18)9-10-20(19)24(21)26/h5-8,15,19-21,24,30H,9-14H2,1-4H3,(H,27,28,31)/b22-15-/t19?,20?,21-,24?,26+/m1/s1. The van der Waals surface area contributed by atoms with E-state index in [1.807, 2.05) is 0 Å². The number of aliphatic hydroxyl groups excluding tert-OH is 1. The Labute approximate surface area is 190 Å². The molecular formula is C26H35N3O3. The van der Waals surface area contributed by atoms with Crippen LogP contribution < -0.4 is 5.32 Å². The maximum absolute atomic E-state index is 13.4. The number of hydrogen-bond donors (Lipinski definition) is 2. The molecule has 1 aromatic rings. The van der Waals surface area contributed by atoms with Crippen LogP contribution in [-0.2, 0) is 16.0 Å². The lowest BCUT2D eigenvalue weighted by Gasteiger charge is -2.49. The fourth-order valence-corrected chi connectivity index (χ4v) is 6.84. The largest absolute Gasteiger partial charge is 0.515 e. The monoisotopic (exact) mass is 437 g/mol. The summed E-state index contributed by atoms with van der Waals surface area (Å²) < 4.78 is 0. The first-order chi connectivity index (χ1) is 15.3. The molecule has 3 unspecified atom stereocenters. The van der Waals surface area contributed by atoms with E-state index < -0.39 is 5.41 Å². The predicted octanol–water partition coefficient (Wildman–Crippen LogP) is 4.18. The molecule has 0 aliphatic heterocycles. The number of carbonyl (C=O) groups is 2. The molecule has 32 heavy (non-hydrogen) atoms. The first-order valence-corrected chi connectivity index (χ1v) is 11.8. The molecule has 0 spiro atoms. The molecule has 1 amide bonds. The minimum Gasteiger partial charge on any atom is -0.515 e. The van der Waals surface area contributed by atoms with Crippen molar-refractivity contribution in [3.63, 3.8) is 0 Å². The normalized spacial score (nSPS) is 32.8. The summed E-state index contributed by atoms with van der Waals surface area (Å²) in [7, 11) is 3.61. The number of aliphatic hydroxyl groups is 1. The summed E-state index contributed by atoms with van der Waals surface area (Å²) in [5, 5.41) is 18.7. The molecule has 0 bridgehead atoms. The average molecular weight is 438 g/mol. The van der Waals surface area contributed by atoms with Crippen molar-refractivity contribution < 1.29 is 14.7 Å². The van der Waals surface area contributed by atoms with Gasteiger partial charge in [-0.15, -0.1) is 0 Å². The number of amidine groups is 1. The first-order valence-electron chi connectivity index (χ1n) is 11.8. The van der Waals surface area contributed by atoms with E-state index in [4.69, 9.17) is 0 Å². The summed E-state index contributed by atoms with van der Waals surface area (Å²) in [5.74, 6) is 1.44. The maximum Gasteiger partial charge on any atom is 0.225 e. The molecule has 2 saturated carbocycles. The summed E-state index contributed by atoms with van der Waals surface area (Å²) >= 11 is 0. The van der Waals surface area contributed by atoms with Gasteiger partial charge in [0.1, 0.15) is 5.84 Å². The van der Waals surface area contributed by atoms with Gasteiger partial charge in [-0.25, -0.2) is 0 Å². The number of amides is 1. The summed E-state index contributed by atoms with van der Waals surface area (Å²) in [6.45, 7) is 3.85. The number of nitrogens with zero attached hydrogens (tertiary/aromatic N) is 2. The Morgan fingerprint density at radius 3 is 2.78 bits per heavy atom. The van der Waals surface area contributed by atoms with E-state index in [2.05, 4.69) is 41.6 Å². The molecule has 0 aromatic heterocycles. The zero-order chi connectivity index (χ0) is 23.0. The lowest BCUT2D eigenvalue weighted by Crippen LogP contribution is -2.44. The van der Waals surface area contributed by atoms with Crippen LogP contribution in [0.5, 0.6) is 0 Å². The van der Waals surface area contributed by atoms with E-state index in [0.29, 0.717) is 36.1 Å². The van der Waals surface area contributed by atoms with E-state index in [0.717, 1.165) is 31.9 Å². The highest BCUT2D eigenvalue weighted by molar-refractivity contribution is 6.03. The molecule has 6 heteroatoms. The Morgan fingerprint density at radius 2 is 2.06 bits per heavy atom. The molecule has 5 atom stereocenters. The highest BCUT2D eigenvalue weighted by Crippen LogP contribution is 2.63. The number of rotatable bonds is 4. The van der Waals surface area contributed by atoms with Gasteiger partial charge in [0.05, 0.1) is 6.26 Å². The second-order valence-electron chi connectivity index (χ2n) is 10.1. The number of carbonyl (C=O) groups excluding carboxylic acids is 2. The maximum atomic E-state index is 13.4. The lowest BCUT2D eigenvalue weighted by molar-refractivity contribution is -0.127. The molecule has 1 aromatic carbocycles. The number of allylic oxidation sites excluding steroid dienone is 1. The van der Waals surface area contributed by atoms with E-state index >= 15 is 0 Å². The Hall–Kier alpha value is -2.63. The highest BCUT2D eigenvalue weighted by Gasteiger charge is 2.60. The van der Waals surface area contributed by atoms with Gasteiger partial charge >= 0.3 is 0 Å². The molecule has 0 heterocycles. The fourth-order valence-electron chi connectivity index (χ4n) is 6.84. The third kappa shape index (κ3) is 3.84. The van der Waals surface area contributed by atoms with Gasteiger partial charge in [0.15, 0.2) is 5.78 Å². The number of hydrogen-bond acceptors (Lipinski definition) is 5. The second-order valence-corrected chi connectivity index (χ2v) is 10.1. The third-order valence-electron chi connectivity index (χ3n) is 8.00. The Bertz CT molecular complexity index is 967. The van der Waals surface area contributed by atoms with Gasteiger partial charge in [-0.2, -0.15) is 5.10 Å². The van der Waals surface area contributed by atoms with Gasteiger partial charge in [-0.05, 0) is 73.8 Å². The van der Waals surface area contributed by atoms with Crippen molar-refractivity contribution >= 4 is 17.5 Å². The molecule has 0 saturated heterocycles. The van der Waals surface area contributed by atoms with Crippen molar-refractivity contribution in [2.75, 3.05) is 14.1 Å². The van der Waals surface area contributed by atoms with Crippen molar-refractivity contribution in [3.8, 4) is 0 Å². The molecule has 6 nitrogen and oxygen atoms in total. The van der Waals surface area contributed by atoms with Crippen LogP contribution in [-0.4, -0.2) is 41.7 Å². The minimum atomic E-state index is -0.453. The lowest BCUT2D eigenvalue weighted by atomic mass is 9.54. The van der Waals surface area contributed by atoms with Gasteiger partial charge in [-0.3, -0.25) is 9.59 Å². The zero-order valence-electron chi connectivity index (χ0n) is 19.6. The molecule has 4 rings (SSSR count). The van der Waals surface area contributed by atoms with Crippen molar-refractivity contribution in [1.82, 2.24) is 10.3 Å². The van der Waals surface area contributed by atoms with Crippen LogP contribution in [0.2, 0.25) is 0 Å². The van der Waals surface area contributed by atoms with Gasteiger partial charge in [0.2, 0.25) is 5.91 Å². The number of nitrogens with one attached hydrogen (secondary N) is 1. The summed E-state index contributed by atoms with van der Waals surface area (Å²) in [6.07, 6.45) is 5.82. The second kappa shape index (κ2) is 8.72.